The number of anilines is 1. The summed E-state index contributed by atoms with van der Waals surface area (Å²) in [4.78, 5) is 25.9. The normalized spacial score (nSPS) is 10.7. The predicted molar refractivity (Wildman–Crippen MR) is 76.2 cm³/mol. The third kappa shape index (κ3) is 2.31. The third-order valence-corrected chi connectivity index (χ3v) is 3.05. The third-order valence-electron chi connectivity index (χ3n) is 2.79. The molecule has 0 saturated heterocycles. The number of benzene rings is 2. The van der Waals surface area contributed by atoms with Crippen molar-refractivity contribution in [3.63, 3.8) is 0 Å². The summed E-state index contributed by atoms with van der Waals surface area (Å²) in [7, 11) is 0. The van der Waals surface area contributed by atoms with Crippen molar-refractivity contribution < 1.29 is 9.21 Å². The minimum atomic E-state index is -0.591. The number of fused-ring (bicyclic) bond motifs is 1. The average molecular weight is 289 g/mol. The van der Waals surface area contributed by atoms with Crippen LogP contribution in [0, 0.1) is 0 Å². The topological polar surface area (TPSA) is 75.1 Å². The molecular weight excluding hydrogens is 280 g/mol. The zero-order valence-electron chi connectivity index (χ0n) is 10.1. The Labute approximate surface area is 118 Å². The molecule has 0 aliphatic heterocycles. The zero-order chi connectivity index (χ0) is 14.1. The molecule has 0 saturated carbocycles. The molecule has 0 unspecified atom stereocenters. The van der Waals surface area contributed by atoms with Gasteiger partial charge in [-0.05, 0) is 36.4 Å². The van der Waals surface area contributed by atoms with Crippen LogP contribution in [0.4, 0.5) is 5.69 Å². The van der Waals surface area contributed by atoms with E-state index in [1.54, 1.807) is 42.5 Å². The van der Waals surface area contributed by atoms with E-state index in [2.05, 4.69) is 10.3 Å². The van der Waals surface area contributed by atoms with Gasteiger partial charge in [0.1, 0.15) is 0 Å². The van der Waals surface area contributed by atoms with Gasteiger partial charge >= 0.3 is 5.76 Å². The number of hydrogen-bond donors (Lipinski definition) is 2. The molecule has 3 aromatic rings. The quantitative estimate of drug-likeness (QED) is 0.761. The minimum Gasteiger partial charge on any atom is -0.407 e. The Morgan fingerprint density at radius 3 is 2.65 bits per heavy atom. The van der Waals surface area contributed by atoms with Crippen molar-refractivity contribution in [1.29, 1.82) is 0 Å². The van der Waals surface area contributed by atoms with Gasteiger partial charge in [-0.15, -0.1) is 0 Å². The van der Waals surface area contributed by atoms with Gasteiger partial charge in [0, 0.05) is 10.7 Å². The van der Waals surface area contributed by atoms with E-state index in [0.717, 1.165) is 0 Å². The van der Waals surface area contributed by atoms with E-state index >= 15 is 0 Å². The standard InChI is InChI=1S/C14H9ClN2O3/c15-8-4-6-9(7-5-8)16-13(18)10-2-1-3-11-12(10)20-14(19)17-11/h1-7H,(H,16,18)(H,17,19). The smallest absolute Gasteiger partial charge is 0.407 e. The van der Waals surface area contributed by atoms with Crippen molar-refractivity contribution in [2.24, 2.45) is 0 Å². The molecule has 2 N–H and O–H groups in total. The van der Waals surface area contributed by atoms with E-state index in [0.29, 0.717) is 16.2 Å². The summed E-state index contributed by atoms with van der Waals surface area (Å²) in [5, 5.41) is 3.30. The molecule has 20 heavy (non-hydrogen) atoms. The number of aromatic nitrogens is 1. The van der Waals surface area contributed by atoms with Gasteiger partial charge in [0.15, 0.2) is 5.58 Å². The second kappa shape index (κ2) is 4.86. The fourth-order valence-electron chi connectivity index (χ4n) is 1.88. The van der Waals surface area contributed by atoms with Gasteiger partial charge in [0.05, 0.1) is 11.1 Å². The number of rotatable bonds is 2. The van der Waals surface area contributed by atoms with Crippen LogP contribution in [0.1, 0.15) is 10.4 Å². The average Bonchev–Trinajstić information content (AvgIpc) is 2.81. The molecule has 0 atom stereocenters. The Kier molecular flexibility index (Phi) is 3.04. The van der Waals surface area contributed by atoms with Gasteiger partial charge in [-0.1, -0.05) is 17.7 Å². The molecule has 1 amide bonds. The molecule has 3 rings (SSSR count). The maximum Gasteiger partial charge on any atom is 0.417 e. The van der Waals surface area contributed by atoms with E-state index in [-0.39, 0.29) is 17.1 Å². The molecule has 0 spiro atoms. The fourth-order valence-corrected chi connectivity index (χ4v) is 2.01. The van der Waals surface area contributed by atoms with E-state index in [9.17, 15) is 9.59 Å². The first kappa shape index (κ1) is 12.5. The van der Waals surface area contributed by atoms with Crippen LogP contribution in [-0.4, -0.2) is 10.9 Å². The number of amides is 1. The number of halogens is 1. The van der Waals surface area contributed by atoms with Gasteiger partial charge in [-0.2, -0.15) is 0 Å². The Balaban J connectivity index is 1.96. The molecule has 0 radical (unpaired) electrons. The van der Waals surface area contributed by atoms with Crippen LogP contribution in [0.5, 0.6) is 0 Å². The predicted octanol–water partition coefficient (Wildman–Crippen LogP) is 3.03. The lowest BCUT2D eigenvalue weighted by molar-refractivity contribution is 0.102. The molecule has 6 heteroatoms. The van der Waals surface area contributed by atoms with Crippen LogP contribution < -0.4 is 11.1 Å². The number of oxazole rings is 1. The number of carbonyl (C=O) groups excluding carboxylic acids is 1. The molecule has 100 valence electrons. The maximum absolute atomic E-state index is 12.2. The Bertz CT molecular complexity index is 833. The van der Waals surface area contributed by atoms with E-state index in [1.165, 1.54) is 0 Å². The monoisotopic (exact) mass is 288 g/mol. The molecule has 2 aromatic carbocycles. The zero-order valence-corrected chi connectivity index (χ0v) is 10.9. The number of hydrogen-bond acceptors (Lipinski definition) is 3. The lowest BCUT2D eigenvalue weighted by Gasteiger charge is -2.05. The van der Waals surface area contributed by atoms with E-state index in [1.807, 2.05) is 0 Å². The molecule has 0 aliphatic rings. The van der Waals surface area contributed by atoms with Crippen molar-refractivity contribution >= 4 is 34.3 Å². The van der Waals surface area contributed by atoms with Gasteiger partial charge in [-0.3, -0.25) is 9.78 Å². The highest BCUT2D eigenvalue weighted by atomic mass is 35.5. The second-order valence-electron chi connectivity index (χ2n) is 4.16. The highest BCUT2D eigenvalue weighted by Crippen LogP contribution is 2.18. The first-order chi connectivity index (χ1) is 9.63. The summed E-state index contributed by atoms with van der Waals surface area (Å²) in [5.41, 5.74) is 1.62. The van der Waals surface area contributed by atoms with Crippen molar-refractivity contribution in [2.45, 2.75) is 0 Å². The number of aromatic amines is 1. The summed E-state index contributed by atoms with van der Waals surface area (Å²) < 4.78 is 4.98. The fraction of sp³-hybridized carbons (Fsp3) is 0. The van der Waals surface area contributed by atoms with Gasteiger partial charge in [0.2, 0.25) is 0 Å². The van der Waals surface area contributed by atoms with Crippen LogP contribution in [0.2, 0.25) is 5.02 Å². The maximum atomic E-state index is 12.2. The van der Waals surface area contributed by atoms with Gasteiger partial charge < -0.3 is 9.73 Å². The van der Waals surface area contributed by atoms with Gasteiger partial charge in [-0.25, -0.2) is 4.79 Å². The number of carbonyl (C=O) groups is 1. The van der Waals surface area contributed by atoms with Crippen LogP contribution in [0.15, 0.2) is 51.7 Å². The molecule has 5 nitrogen and oxygen atoms in total. The first-order valence-corrected chi connectivity index (χ1v) is 6.20. The number of para-hydroxylation sites is 1. The van der Waals surface area contributed by atoms with Crippen LogP contribution in [0.25, 0.3) is 11.1 Å². The highest BCUT2D eigenvalue weighted by molar-refractivity contribution is 6.30. The first-order valence-electron chi connectivity index (χ1n) is 5.82. The van der Waals surface area contributed by atoms with Crippen LogP contribution in [-0.2, 0) is 0 Å². The SMILES string of the molecule is O=C(Nc1ccc(Cl)cc1)c1cccc2[nH]c(=O)oc12. The van der Waals surface area contributed by atoms with E-state index < -0.39 is 5.76 Å². The summed E-state index contributed by atoms with van der Waals surface area (Å²) in [5.74, 6) is -0.951. The van der Waals surface area contributed by atoms with Crippen molar-refractivity contribution in [3.8, 4) is 0 Å². The van der Waals surface area contributed by atoms with E-state index in [4.69, 9.17) is 16.0 Å². The summed E-state index contributed by atoms with van der Waals surface area (Å²) in [6.07, 6.45) is 0. The molecule has 0 bridgehead atoms. The Morgan fingerprint density at radius 1 is 1.15 bits per heavy atom. The molecule has 0 fully saturated rings. The lowest BCUT2D eigenvalue weighted by atomic mass is 10.2. The number of nitrogens with one attached hydrogen (secondary N) is 2. The van der Waals surface area contributed by atoms with Crippen LogP contribution >= 0.6 is 11.6 Å². The Morgan fingerprint density at radius 2 is 1.90 bits per heavy atom. The van der Waals surface area contributed by atoms with Gasteiger partial charge in [0.25, 0.3) is 5.91 Å². The molecule has 1 heterocycles. The summed E-state index contributed by atoms with van der Waals surface area (Å²) in [6, 6.07) is 11.7. The minimum absolute atomic E-state index is 0.240. The second-order valence-corrected chi connectivity index (χ2v) is 4.59. The molecular formula is C14H9ClN2O3. The molecule has 1 aromatic heterocycles. The van der Waals surface area contributed by atoms with Crippen molar-refractivity contribution in [3.05, 3.63) is 63.6 Å². The summed E-state index contributed by atoms with van der Waals surface area (Å²) >= 11 is 5.78. The summed E-state index contributed by atoms with van der Waals surface area (Å²) in [6.45, 7) is 0. The number of H-pyrrole nitrogens is 1. The van der Waals surface area contributed by atoms with Crippen molar-refractivity contribution in [2.75, 3.05) is 5.32 Å². The molecule has 0 aliphatic carbocycles. The largest absolute Gasteiger partial charge is 0.417 e. The van der Waals surface area contributed by atoms with Crippen molar-refractivity contribution in [1.82, 2.24) is 4.98 Å². The Hall–Kier alpha value is -2.53. The highest BCUT2D eigenvalue weighted by Gasteiger charge is 2.14. The lowest BCUT2D eigenvalue weighted by Crippen LogP contribution is -2.12. The van der Waals surface area contributed by atoms with Crippen LogP contribution in [0.3, 0.4) is 0 Å².